The molecule has 0 spiro atoms. The van der Waals surface area contributed by atoms with Crippen LogP contribution in [-0.4, -0.2) is 11.3 Å². The van der Waals surface area contributed by atoms with Crippen molar-refractivity contribution in [2.24, 2.45) is 5.73 Å². The lowest BCUT2D eigenvalue weighted by Crippen LogP contribution is -2.06. The fraction of sp³-hybridized carbons (Fsp3) is 0.250. The number of aldehydes is 1. The van der Waals surface area contributed by atoms with Crippen molar-refractivity contribution in [3.05, 3.63) is 27.5 Å². The molecule has 0 aliphatic carbocycles. The SMILES string of the molecule is NCc1c(C=O)ncc(C(F)F)c1Br. The Bertz CT molecular complexity index is 357. The van der Waals surface area contributed by atoms with Crippen molar-refractivity contribution in [3.8, 4) is 0 Å². The number of carbonyl (C=O) groups is 1. The van der Waals surface area contributed by atoms with Gasteiger partial charge < -0.3 is 5.73 Å². The number of aromatic nitrogens is 1. The summed E-state index contributed by atoms with van der Waals surface area (Å²) in [5.41, 5.74) is 5.46. The van der Waals surface area contributed by atoms with Crippen LogP contribution in [0.15, 0.2) is 10.7 Å². The maximum Gasteiger partial charge on any atom is 0.266 e. The molecule has 3 nitrogen and oxygen atoms in total. The summed E-state index contributed by atoms with van der Waals surface area (Å²) in [6, 6.07) is 0. The monoisotopic (exact) mass is 264 g/mol. The molecule has 1 aromatic rings. The predicted octanol–water partition coefficient (Wildman–Crippen LogP) is 2.05. The van der Waals surface area contributed by atoms with Gasteiger partial charge in [-0.15, -0.1) is 0 Å². The van der Waals surface area contributed by atoms with Gasteiger partial charge in [-0.25, -0.2) is 8.78 Å². The Kier molecular flexibility index (Phi) is 3.65. The second-order valence-corrected chi connectivity index (χ2v) is 3.31. The molecule has 1 aromatic heterocycles. The highest BCUT2D eigenvalue weighted by Crippen LogP contribution is 2.30. The Balaban J connectivity index is 3.34. The molecule has 0 unspecified atom stereocenters. The lowest BCUT2D eigenvalue weighted by atomic mass is 10.1. The van der Waals surface area contributed by atoms with Crippen molar-refractivity contribution in [3.63, 3.8) is 0 Å². The average molecular weight is 265 g/mol. The van der Waals surface area contributed by atoms with Crippen LogP contribution in [0.25, 0.3) is 0 Å². The molecule has 1 heterocycles. The van der Waals surface area contributed by atoms with Crippen molar-refractivity contribution >= 4 is 22.2 Å². The molecule has 6 heteroatoms. The minimum absolute atomic E-state index is 0.0117. The van der Waals surface area contributed by atoms with Gasteiger partial charge in [0.15, 0.2) is 6.29 Å². The second kappa shape index (κ2) is 4.56. The van der Waals surface area contributed by atoms with Gasteiger partial charge in [0.1, 0.15) is 5.69 Å². The Morgan fingerprint density at radius 3 is 2.71 bits per heavy atom. The fourth-order valence-corrected chi connectivity index (χ4v) is 1.65. The number of hydrogen-bond acceptors (Lipinski definition) is 3. The van der Waals surface area contributed by atoms with E-state index in [0.29, 0.717) is 11.8 Å². The van der Waals surface area contributed by atoms with Crippen molar-refractivity contribution in [1.82, 2.24) is 4.98 Å². The van der Waals surface area contributed by atoms with Crippen molar-refractivity contribution in [2.45, 2.75) is 13.0 Å². The molecular weight excluding hydrogens is 258 g/mol. The van der Waals surface area contributed by atoms with E-state index in [2.05, 4.69) is 20.9 Å². The molecular formula is C8H7BrF2N2O. The fourth-order valence-electron chi connectivity index (χ4n) is 1.01. The average Bonchev–Trinajstić information content (AvgIpc) is 2.16. The summed E-state index contributed by atoms with van der Waals surface area (Å²) >= 11 is 2.97. The van der Waals surface area contributed by atoms with Crippen LogP contribution in [0.1, 0.15) is 28.0 Å². The quantitative estimate of drug-likeness (QED) is 0.851. The van der Waals surface area contributed by atoms with E-state index in [1.54, 1.807) is 0 Å². The molecule has 0 saturated heterocycles. The minimum Gasteiger partial charge on any atom is -0.326 e. The molecule has 0 aliphatic heterocycles. The minimum atomic E-state index is -2.64. The van der Waals surface area contributed by atoms with E-state index in [4.69, 9.17) is 5.73 Å². The van der Waals surface area contributed by atoms with E-state index >= 15 is 0 Å². The van der Waals surface area contributed by atoms with Crippen molar-refractivity contribution < 1.29 is 13.6 Å². The molecule has 14 heavy (non-hydrogen) atoms. The zero-order valence-corrected chi connectivity index (χ0v) is 8.59. The van der Waals surface area contributed by atoms with E-state index in [9.17, 15) is 13.6 Å². The molecule has 0 saturated carbocycles. The van der Waals surface area contributed by atoms with Crippen LogP contribution < -0.4 is 5.73 Å². The summed E-state index contributed by atoms with van der Waals surface area (Å²) in [6.07, 6.45) is -1.18. The van der Waals surface area contributed by atoms with Gasteiger partial charge in [-0.2, -0.15) is 0 Å². The Morgan fingerprint density at radius 2 is 2.29 bits per heavy atom. The molecule has 2 N–H and O–H groups in total. The summed E-state index contributed by atoms with van der Waals surface area (Å²) in [6.45, 7) is -0.0117. The van der Waals surface area contributed by atoms with Crippen LogP contribution in [0.5, 0.6) is 0 Å². The zero-order valence-electron chi connectivity index (χ0n) is 7.01. The number of pyridine rings is 1. The van der Waals surface area contributed by atoms with E-state index in [1.807, 2.05) is 0 Å². The van der Waals surface area contributed by atoms with E-state index < -0.39 is 6.43 Å². The number of hydrogen-bond donors (Lipinski definition) is 1. The van der Waals surface area contributed by atoms with Gasteiger partial charge in [0, 0.05) is 22.8 Å². The molecule has 0 aliphatic rings. The highest BCUT2D eigenvalue weighted by Gasteiger charge is 2.17. The first-order valence-corrected chi connectivity index (χ1v) is 4.51. The topological polar surface area (TPSA) is 56.0 Å². The number of nitrogens with two attached hydrogens (primary N) is 1. The normalized spacial score (nSPS) is 10.6. The molecule has 1 rings (SSSR count). The number of alkyl halides is 2. The van der Waals surface area contributed by atoms with Gasteiger partial charge in [-0.1, -0.05) is 0 Å². The lowest BCUT2D eigenvalue weighted by molar-refractivity contribution is 0.111. The maximum absolute atomic E-state index is 12.4. The highest BCUT2D eigenvalue weighted by molar-refractivity contribution is 9.10. The Labute approximate surface area is 87.4 Å². The number of nitrogens with zero attached hydrogens (tertiary/aromatic N) is 1. The maximum atomic E-state index is 12.4. The third-order valence-electron chi connectivity index (χ3n) is 1.72. The van der Waals surface area contributed by atoms with Crippen LogP contribution in [-0.2, 0) is 6.54 Å². The lowest BCUT2D eigenvalue weighted by Gasteiger charge is -2.08. The van der Waals surface area contributed by atoms with Gasteiger partial charge in [-0.05, 0) is 15.9 Å². The van der Waals surface area contributed by atoms with Crippen LogP contribution in [0, 0.1) is 0 Å². The standard InChI is InChI=1S/C8H7BrF2N2O/c9-7-4(1-12)6(3-14)13-2-5(7)8(10)11/h2-3,8H,1,12H2. The highest BCUT2D eigenvalue weighted by atomic mass is 79.9. The smallest absolute Gasteiger partial charge is 0.266 e. The molecule has 0 radical (unpaired) electrons. The number of carbonyl (C=O) groups excluding carboxylic acids is 1. The van der Waals surface area contributed by atoms with Gasteiger partial charge in [0.25, 0.3) is 6.43 Å². The van der Waals surface area contributed by atoms with Crippen LogP contribution in [0.3, 0.4) is 0 Å². The van der Waals surface area contributed by atoms with E-state index in [0.717, 1.165) is 6.20 Å². The van der Waals surface area contributed by atoms with Crippen molar-refractivity contribution in [1.29, 1.82) is 0 Å². The molecule has 0 aromatic carbocycles. The third-order valence-corrected chi connectivity index (χ3v) is 2.66. The third kappa shape index (κ3) is 1.96. The zero-order chi connectivity index (χ0) is 10.7. The van der Waals surface area contributed by atoms with E-state index in [-0.39, 0.29) is 22.3 Å². The summed E-state index contributed by atoms with van der Waals surface area (Å²) in [5, 5.41) is 0. The van der Waals surface area contributed by atoms with Gasteiger partial charge in [-0.3, -0.25) is 9.78 Å². The molecule has 0 atom stereocenters. The Hall–Kier alpha value is -0.880. The first-order valence-electron chi connectivity index (χ1n) is 3.72. The predicted molar refractivity (Wildman–Crippen MR) is 50.2 cm³/mol. The molecule has 0 amide bonds. The molecule has 0 fully saturated rings. The second-order valence-electron chi connectivity index (χ2n) is 2.51. The van der Waals surface area contributed by atoms with Gasteiger partial charge >= 0.3 is 0 Å². The van der Waals surface area contributed by atoms with Crippen LogP contribution >= 0.6 is 15.9 Å². The molecule has 76 valence electrons. The number of halogens is 3. The van der Waals surface area contributed by atoms with Crippen LogP contribution in [0.2, 0.25) is 0 Å². The summed E-state index contributed by atoms with van der Waals surface area (Å²) in [7, 11) is 0. The largest absolute Gasteiger partial charge is 0.326 e. The molecule has 0 bridgehead atoms. The Morgan fingerprint density at radius 1 is 1.64 bits per heavy atom. The summed E-state index contributed by atoms with van der Waals surface area (Å²) in [5.74, 6) is 0. The van der Waals surface area contributed by atoms with Crippen molar-refractivity contribution in [2.75, 3.05) is 0 Å². The van der Waals surface area contributed by atoms with E-state index in [1.165, 1.54) is 0 Å². The number of rotatable bonds is 3. The van der Waals surface area contributed by atoms with Gasteiger partial charge in [0.05, 0.1) is 5.56 Å². The first-order chi connectivity index (χ1) is 6.61. The van der Waals surface area contributed by atoms with Crippen LogP contribution in [0.4, 0.5) is 8.78 Å². The van der Waals surface area contributed by atoms with Gasteiger partial charge in [0.2, 0.25) is 0 Å². The first kappa shape index (κ1) is 11.2. The summed E-state index contributed by atoms with van der Waals surface area (Å²) < 4.78 is 24.9. The summed E-state index contributed by atoms with van der Waals surface area (Å²) in [4.78, 5) is 14.1.